The van der Waals surface area contributed by atoms with E-state index in [1.165, 1.54) is 0 Å². The van der Waals surface area contributed by atoms with Crippen LogP contribution in [0.2, 0.25) is 0 Å². The predicted molar refractivity (Wildman–Crippen MR) is 106 cm³/mol. The van der Waals surface area contributed by atoms with Gasteiger partial charge in [-0.05, 0) is 27.7 Å². The summed E-state index contributed by atoms with van der Waals surface area (Å²) in [6.45, 7) is 14.5. The van der Waals surface area contributed by atoms with E-state index in [1.54, 1.807) is 22.2 Å². The average molecular weight is 375 g/mol. The first-order valence-corrected chi connectivity index (χ1v) is 9.56. The number of nitrogens with one attached hydrogen (secondary N) is 2. The summed E-state index contributed by atoms with van der Waals surface area (Å²) in [5, 5.41) is 11.1. The molecule has 0 amide bonds. The smallest absolute Gasteiger partial charge is 0.263 e. The Hall–Kier alpha value is -2.22. The second-order valence-electron chi connectivity index (χ2n) is 8.57. The molecular weight excluding hydrogens is 348 g/mol. The maximum Gasteiger partial charge on any atom is 0.263 e. The maximum absolute atomic E-state index is 12.4. The van der Waals surface area contributed by atoms with Crippen molar-refractivity contribution >= 4 is 28.3 Å². The van der Waals surface area contributed by atoms with Crippen molar-refractivity contribution < 1.29 is 0 Å². The average Bonchev–Trinajstić information content (AvgIpc) is 3.12. The van der Waals surface area contributed by atoms with Gasteiger partial charge in [-0.1, -0.05) is 20.8 Å². The van der Waals surface area contributed by atoms with Crippen LogP contribution in [0.1, 0.15) is 65.2 Å². The van der Waals surface area contributed by atoms with E-state index in [0.29, 0.717) is 17.0 Å². The number of fused-ring (bicyclic) bond motifs is 1. The first-order valence-electron chi connectivity index (χ1n) is 8.68. The van der Waals surface area contributed by atoms with Crippen LogP contribution >= 0.6 is 11.3 Å². The van der Waals surface area contributed by atoms with Gasteiger partial charge in [0, 0.05) is 10.8 Å². The standard InChI is InChI=1S/C18H26N6OS/c1-10(15-21-12(9-26-15)17(2,3)4)20-16-22-13-11(14(25)23-16)8-19-24(13)18(5,6)7/h8-10H,1-7H3,(H2,20,22,23,25). The van der Waals surface area contributed by atoms with Gasteiger partial charge < -0.3 is 5.32 Å². The molecule has 0 radical (unpaired) electrons. The molecule has 1 atom stereocenters. The quantitative estimate of drug-likeness (QED) is 0.728. The zero-order valence-corrected chi connectivity index (χ0v) is 17.2. The summed E-state index contributed by atoms with van der Waals surface area (Å²) >= 11 is 1.61. The highest BCUT2D eigenvalue weighted by molar-refractivity contribution is 7.09. The van der Waals surface area contributed by atoms with E-state index >= 15 is 0 Å². The van der Waals surface area contributed by atoms with Crippen molar-refractivity contribution in [3.8, 4) is 0 Å². The summed E-state index contributed by atoms with van der Waals surface area (Å²) in [6.07, 6.45) is 1.57. The first kappa shape index (κ1) is 18.6. The molecule has 26 heavy (non-hydrogen) atoms. The van der Waals surface area contributed by atoms with Crippen LogP contribution in [0.3, 0.4) is 0 Å². The van der Waals surface area contributed by atoms with Gasteiger partial charge in [0.2, 0.25) is 5.95 Å². The van der Waals surface area contributed by atoms with E-state index in [-0.39, 0.29) is 22.6 Å². The second kappa shape index (κ2) is 6.19. The van der Waals surface area contributed by atoms with Crippen LogP contribution in [0.4, 0.5) is 5.95 Å². The molecule has 0 spiro atoms. The van der Waals surface area contributed by atoms with Crippen molar-refractivity contribution in [1.82, 2.24) is 24.7 Å². The molecule has 0 saturated heterocycles. The minimum Gasteiger partial charge on any atom is -0.347 e. The first-order chi connectivity index (χ1) is 12.0. The minimum absolute atomic E-state index is 0.0130. The number of hydrogen-bond donors (Lipinski definition) is 2. The highest BCUT2D eigenvalue weighted by Gasteiger charge is 2.22. The molecule has 140 valence electrons. The number of H-pyrrole nitrogens is 1. The maximum atomic E-state index is 12.4. The fourth-order valence-corrected chi connectivity index (χ4v) is 3.63. The predicted octanol–water partition coefficient (Wildman–Crippen LogP) is 3.80. The summed E-state index contributed by atoms with van der Waals surface area (Å²) in [6, 6.07) is -0.0669. The van der Waals surface area contributed by atoms with Gasteiger partial charge in [-0.15, -0.1) is 11.3 Å². The van der Waals surface area contributed by atoms with Crippen LogP contribution in [0, 0.1) is 0 Å². The summed E-state index contributed by atoms with van der Waals surface area (Å²) in [5.74, 6) is 0.425. The van der Waals surface area contributed by atoms with E-state index in [9.17, 15) is 4.79 Å². The van der Waals surface area contributed by atoms with Gasteiger partial charge in [0.1, 0.15) is 10.4 Å². The largest absolute Gasteiger partial charge is 0.347 e. The highest BCUT2D eigenvalue weighted by Crippen LogP contribution is 2.28. The van der Waals surface area contributed by atoms with Crippen molar-refractivity contribution in [2.45, 2.75) is 65.5 Å². The zero-order chi connectivity index (χ0) is 19.3. The fourth-order valence-electron chi connectivity index (χ4n) is 2.58. The van der Waals surface area contributed by atoms with E-state index < -0.39 is 0 Å². The van der Waals surface area contributed by atoms with Gasteiger partial charge in [0.25, 0.3) is 5.56 Å². The summed E-state index contributed by atoms with van der Waals surface area (Å²) in [4.78, 5) is 24.5. The Morgan fingerprint density at radius 1 is 1.19 bits per heavy atom. The fraction of sp³-hybridized carbons (Fsp3) is 0.556. The number of anilines is 1. The number of aromatic nitrogens is 5. The van der Waals surface area contributed by atoms with Crippen molar-refractivity contribution in [3.05, 3.63) is 32.6 Å². The monoisotopic (exact) mass is 374 g/mol. The third-order valence-electron chi connectivity index (χ3n) is 4.09. The molecule has 0 aliphatic rings. The molecule has 0 fully saturated rings. The van der Waals surface area contributed by atoms with Gasteiger partial charge in [-0.3, -0.25) is 9.78 Å². The van der Waals surface area contributed by atoms with E-state index in [0.717, 1.165) is 10.7 Å². The topological polar surface area (TPSA) is 88.5 Å². The Labute approximate surface area is 156 Å². The molecule has 3 heterocycles. The summed E-state index contributed by atoms with van der Waals surface area (Å²) in [7, 11) is 0. The Morgan fingerprint density at radius 3 is 2.46 bits per heavy atom. The third-order valence-corrected chi connectivity index (χ3v) is 5.11. The number of aromatic amines is 1. The van der Waals surface area contributed by atoms with Crippen LogP contribution in [-0.2, 0) is 11.0 Å². The minimum atomic E-state index is -0.262. The van der Waals surface area contributed by atoms with Gasteiger partial charge in [-0.2, -0.15) is 10.1 Å². The molecule has 0 saturated carbocycles. The van der Waals surface area contributed by atoms with Crippen molar-refractivity contribution in [2.24, 2.45) is 0 Å². The van der Waals surface area contributed by atoms with Gasteiger partial charge >= 0.3 is 0 Å². The van der Waals surface area contributed by atoms with Crippen LogP contribution in [-0.4, -0.2) is 24.7 Å². The number of hydrogen-bond acceptors (Lipinski definition) is 6. The van der Waals surface area contributed by atoms with Crippen LogP contribution in [0.15, 0.2) is 16.4 Å². The van der Waals surface area contributed by atoms with Gasteiger partial charge in [0.15, 0.2) is 5.65 Å². The molecule has 1 unspecified atom stereocenters. The molecule has 0 aliphatic heterocycles. The molecule has 8 heteroatoms. The molecule has 3 aromatic rings. The van der Waals surface area contributed by atoms with Crippen molar-refractivity contribution in [1.29, 1.82) is 0 Å². The molecule has 0 aliphatic carbocycles. The number of thiazole rings is 1. The lowest BCUT2D eigenvalue weighted by atomic mass is 9.93. The van der Waals surface area contributed by atoms with E-state index in [4.69, 9.17) is 4.98 Å². The van der Waals surface area contributed by atoms with Crippen molar-refractivity contribution in [2.75, 3.05) is 5.32 Å². The normalized spacial score (nSPS) is 14.0. The van der Waals surface area contributed by atoms with Gasteiger partial charge in [-0.25, -0.2) is 9.67 Å². The van der Waals surface area contributed by atoms with Crippen molar-refractivity contribution in [3.63, 3.8) is 0 Å². The Kier molecular flexibility index (Phi) is 4.42. The molecular formula is C18H26N6OS. The Bertz CT molecular complexity index is 986. The van der Waals surface area contributed by atoms with Gasteiger partial charge in [0.05, 0.1) is 23.5 Å². The number of nitrogens with zero attached hydrogens (tertiary/aromatic N) is 4. The van der Waals surface area contributed by atoms with E-state index in [2.05, 4.69) is 46.5 Å². The summed E-state index contributed by atoms with van der Waals surface area (Å²) in [5.41, 5.74) is 1.19. The Balaban J connectivity index is 1.93. The summed E-state index contributed by atoms with van der Waals surface area (Å²) < 4.78 is 1.77. The SMILES string of the molecule is CC(Nc1nc2c(cnn2C(C)(C)C)c(=O)[nH]1)c1nc(C(C)(C)C)cs1. The number of rotatable bonds is 3. The van der Waals surface area contributed by atoms with E-state index in [1.807, 2.05) is 27.7 Å². The molecule has 0 aromatic carbocycles. The molecule has 7 nitrogen and oxygen atoms in total. The third kappa shape index (κ3) is 3.51. The lowest BCUT2D eigenvalue weighted by Gasteiger charge is -2.20. The molecule has 3 aromatic heterocycles. The highest BCUT2D eigenvalue weighted by atomic mass is 32.1. The Morgan fingerprint density at radius 2 is 1.88 bits per heavy atom. The van der Waals surface area contributed by atoms with Crippen LogP contribution < -0.4 is 10.9 Å². The second-order valence-corrected chi connectivity index (χ2v) is 9.46. The van der Waals surface area contributed by atoms with Crippen LogP contribution in [0.25, 0.3) is 11.0 Å². The molecule has 2 N–H and O–H groups in total. The molecule has 0 bridgehead atoms. The van der Waals surface area contributed by atoms with Crippen LogP contribution in [0.5, 0.6) is 0 Å². The molecule has 3 rings (SSSR count). The zero-order valence-electron chi connectivity index (χ0n) is 16.3. The lowest BCUT2D eigenvalue weighted by molar-refractivity contribution is 0.366. The lowest BCUT2D eigenvalue weighted by Crippen LogP contribution is -2.24.